The number of aliphatic hydroxyl groups is 1. The van der Waals surface area contributed by atoms with Gasteiger partial charge in [0.05, 0.1) is 5.60 Å². The van der Waals surface area contributed by atoms with Crippen LogP contribution >= 0.6 is 0 Å². The van der Waals surface area contributed by atoms with E-state index in [0.29, 0.717) is 5.92 Å². The number of likely N-dealkylation sites (N-methyl/N-ethyl adjacent to an activating group) is 1. The van der Waals surface area contributed by atoms with Gasteiger partial charge in [-0.05, 0) is 32.2 Å². The molecule has 1 aliphatic carbocycles. The molecule has 0 amide bonds. The molecule has 1 aliphatic rings. The predicted molar refractivity (Wildman–Crippen MR) is 51.1 cm³/mol. The van der Waals surface area contributed by atoms with E-state index >= 15 is 0 Å². The summed E-state index contributed by atoms with van der Waals surface area (Å²) >= 11 is 0. The fraction of sp³-hybridized carbons (Fsp3) is 1.00. The van der Waals surface area contributed by atoms with Gasteiger partial charge in [0.2, 0.25) is 0 Å². The summed E-state index contributed by atoms with van der Waals surface area (Å²) in [6, 6.07) is 0. The SMILES string of the molecule is CCNCC(C)(O)C1CCCC1. The molecule has 2 heteroatoms. The maximum Gasteiger partial charge on any atom is 0.0771 e. The molecule has 0 heterocycles. The van der Waals surface area contributed by atoms with E-state index in [9.17, 15) is 5.11 Å². The Morgan fingerprint density at radius 2 is 2.00 bits per heavy atom. The van der Waals surface area contributed by atoms with Crippen LogP contribution in [0.5, 0.6) is 0 Å². The van der Waals surface area contributed by atoms with Crippen molar-refractivity contribution in [2.45, 2.75) is 45.1 Å². The van der Waals surface area contributed by atoms with Gasteiger partial charge in [-0.1, -0.05) is 19.8 Å². The third kappa shape index (κ3) is 2.46. The van der Waals surface area contributed by atoms with Crippen molar-refractivity contribution in [3.8, 4) is 0 Å². The first kappa shape index (κ1) is 10.0. The lowest BCUT2D eigenvalue weighted by atomic mass is 9.88. The molecule has 1 rings (SSSR count). The summed E-state index contributed by atoms with van der Waals surface area (Å²) in [5.41, 5.74) is -0.480. The molecule has 0 aromatic carbocycles. The van der Waals surface area contributed by atoms with Crippen molar-refractivity contribution in [1.82, 2.24) is 5.32 Å². The van der Waals surface area contributed by atoms with Gasteiger partial charge in [0, 0.05) is 6.54 Å². The zero-order valence-electron chi connectivity index (χ0n) is 8.27. The van der Waals surface area contributed by atoms with E-state index in [-0.39, 0.29) is 0 Å². The van der Waals surface area contributed by atoms with Gasteiger partial charge in [0.1, 0.15) is 0 Å². The molecule has 2 N–H and O–H groups in total. The molecule has 0 radical (unpaired) electrons. The van der Waals surface area contributed by atoms with Gasteiger partial charge in [-0.2, -0.15) is 0 Å². The van der Waals surface area contributed by atoms with E-state index in [4.69, 9.17) is 0 Å². The number of nitrogens with one attached hydrogen (secondary N) is 1. The minimum atomic E-state index is -0.480. The van der Waals surface area contributed by atoms with Crippen LogP contribution in [0.3, 0.4) is 0 Å². The topological polar surface area (TPSA) is 32.3 Å². The lowest BCUT2D eigenvalue weighted by molar-refractivity contribution is 0.00289. The second-order valence-electron chi connectivity index (χ2n) is 4.12. The van der Waals surface area contributed by atoms with E-state index < -0.39 is 5.60 Å². The first-order chi connectivity index (χ1) is 5.67. The summed E-state index contributed by atoms with van der Waals surface area (Å²) in [7, 11) is 0. The zero-order valence-corrected chi connectivity index (χ0v) is 8.27. The van der Waals surface area contributed by atoms with Gasteiger partial charge in [0.15, 0.2) is 0 Å². The van der Waals surface area contributed by atoms with Crippen molar-refractivity contribution in [1.29, 1.82) is 0 Å². The van der Waals surface area contributed by atoms with Crippen LogP contribution in [0.1, 0.15) is 39.5 Å². The Morgan fingerprint density at radius 3 is 2.50 bits per heavy atom. The molecule has 1 fully saturated rings. The first-order valence-electron chi connectivity index (χ1n) is 5.10. The maximum atomic E-state index is 10.1. The third-order valence-electron chi connectivity index (χ3n) is 2.97. The smallest absolute Gasteiger partial charge is 0.0771 e. The highest BCUT2D eigenvalue weighted by Crippen LogP contribution is 2.33. The standard InChI is InChI=1S/C10H21NO/c1-3-11-8-10(2,12)9-6-4-5-7-9/h9,11-12H,3-8H2,1-2H3. The molecule has 0 saturated heterocycles. The van der Waals surface area contributed by atoms with Gasteiger partial charge < -0.3 is 10.4 Å². The van der Waals surface area contributed by atoms with Crippen LogP contribution < -0.4 is 5.32 Å². The minimum Gasteiger partial charge on any atom is -0.389 e. The van der Waals surface area contributed by atoms with E-state index in [2.05, 4.69) is 12.2 Å². The number of hydrogen-bond donors (Lipinski definition) is 2. The molecular weight excluding hydrogens is 150 g/mol. The molecule has 1 saturated carbocycles. The molecule has 72 valence electrons. The summed E-state index contributed by atoms with van der Waals surface area (Å²) in [5, 5.41) is 13.3. The summed E-state index contributed by atoms with van der Waals surface area (Å²) in [6.07, 6.45) is 5.01. The van der Waals surface area contributed by atoms with Crippen LogP contribution in [0, 0.1) is 5.92 Å². The van der Waals surface area contributed by atoms with Gasteiger partial charge in [0.25, 0.3) is 0 Å². The average molecular weight is 171 g/mol. The fourth-order valence-electron chi connectivity index (χ4n) is 2.07. The van der Waals surface area contributed by atoms with Gasteiger partial charge >= 0.3 is 0 Å². The van der Waals surface area contributed by atoms with E-state index in [1.54, 1.807) is 0 Å². The first-order valence-corrected chi connectivity index (χ1v) is 5.10. The third-order valence-corrected chi connectivity index (χ3v) is 2.97. The Balaban J connectivity index is 2.34. The molecule has 1 unspecified atom stereocenters. The minimum absolute atomic E-state index is 0.480. The molecule has 0 bridgehead atoms. The van der Waals surface area contributed by atoms with Crippen molar-refractivity contribution in [3.63, 3.8) is 0 Å². The van der Waals surface area contributed by atoms with Crippen LogP contribution in [0.4, 0.5) is 0 Å². The molecular formula is C10H21NO. The van der Waals surface area contributed by atoms with E-state index in [0.717, 1.165) is 13.1 Å². The van der Waals surface area contributed by atoms with Crippen LogP contribution in [-0.4, -0.2) is 23.8 Å². The Hall–Kier alpha value is -0.0800. The molecule has 0 spiro atoms. The zero-order chi connectivity index (χ0) is 9.03. The van der Waals surface area contributed by atoms with Crippen molar-refractivity contribution in [3.05, 3.63) is 0 Å². The van der Waals surface area contributed by atoms with Crippen LogP contribution in [0.15, 0.2) is 0 Å². The van der Waals surface area contributed by atoms with Crippen LogP contribution in [0.2, 0.25) is 0 Å². The fourth-order valence-corrected chi connectivity index (χ4v) is 2.07. The maximum absolute atomic E-state index is 10.1. The highest BCUT2D eigenvalue weighted by molar-refractivity contribution is 4.86. The molecule has 0 aromatic heterocycles. The summed E-state index contributed by atoms with van der Waals surface area (Å²) in [5.74, 6) is 0.525. The van der Waals surface area contributed by atoms with Gasteiger partial charge in [-0.3, -0.25) is 0 Å². The monoisotopic (exact) mass is 171 g/mol. The molecule has 12 heavy (non-hydrogen) atoms. The number of hydrogen-bond acceptors (Lipinski definition) is 2. The lowest BCUT2D eigenvalue weighted by Crippen LogP contribution is -2.43. The Labute approximate surface area is 75.4 Å². The quantitative estimate of drug-likeness (QED) is 0.672. The molecule has 2 nitrogen and oxygen atoms in total. The number of rotatable bonds is 4. The highest BCUT2D eigenvalue weighted by Gasteiger charge is 2.33. The second-order valence-corrected chi connectivity index (χ2v) is 4.12. The van der Waals surface area contributed by atoms with Crippen molar-refractivity contribution < 1.29 is 5.11 Å². The summed E-state index contributed by atoms with van der Waals surface area (Å²) < 4.78 is 0. The van der Waals surface area contributed by atoms with Crippen LogP contribution in [0.25, 0.3) is 0 Å². The largest absolute Gasteiger partial charge is 0.389 e. The second kappa shape index (κ2) is 4.24. The van der Waals surface area contributed by atoms with Gasteiger partial charge in [-0.15, -0.1) is 0 Å². The normalized spacial score (nSPS) is 24.2. The molecule has 0 aromatic rings. The van der Waals surface area contributed by atoms with Crippen molar-refractivity contribution in [2.24, 2.45) is 5.92 Å². The summed E-state index contributed by atoms with van der Waals surface area (Å²) in [4.78, 5) is 0. The van der Waals surface area contributed by atoms with Crippen molar-refractivity contribution in [2.75, 3.05) is 13.1 Å². The van der Waals surface area contributed by atoms with Gasteiger partial charge in [-0.25, -0.2) is 0 Å². The van der Waals surface area contributed by atoms with E-state index in [1.807, 2.05) is 6.92 Å². The van der Waals surface area contributed by atoms with Crippen molar-refractivity contribution >= 4 is 0 Å². The predicted octanol–water partition coefficient (Wildman–Crippen LogP) is 1.54. The average Bonchev–Trinajstić information content (AvgIpc) is 2.53. The van der Waals surface area contributed by atoms with E-state index in [1.165, 1.54) is 25.7 Å². The molecule has 0 aliphatic heterocycles. The highest BCUT2D eigenvalue weighted by atomic mass is 16.3. The van der Waals surface area contributed by atoms with Crippen LogP contribution in [-0.2, 0) is 0 Å². The molecule has 1 atom stereocenters. The lowest BCUT2D eigenvalue weighted by Gasteiger charge is -2.30. The Bertz CT molecular complexity index is 128. The Kier molecular flexibility index (Phi) is 3.53. The summed E-state index contributed by atoms with van der Waals surface area (Å²) in [6.45, 7) is 5.73. The Morgan fingerprint density at radius 1 is 1.42 bits per heavy atom.